The van der Waals surface area contributed by atoms with Crippen LogP contribution in [0.5, 0.6) is 0 Å². The van der Waals surface area contributed by atoms with E-state index in [1.165, 1.54) is 7.11 Å². The van der Waals surface area contributed by atoms with Crippen LogP contribution >= 0.6 is 11.3 Å². The van der Waals surface area contributed by atoms with Crippen molar-refractivity contribution >= 4 is 27.5 Å². The Hall–Kier alpha value is -1.63. The molecule has 0 unspecified atom stereocenters. The number of benzene rings is 1. The van der Waals surface area contributed by atoms with Crippen molar-refractivity contribution in [1.29, 1.82) is 0 Å². The van der Waals surface area contributed by atoms with E-state index in [-0.39, 0.29) is 16.2 Å². The van der Waals surface area contributed by atoms with Gasteiger partial charge in [0.2, 0.25) is 0 Å². The molecule has 0 saturated carbocycles. The predicted octanol–water partition coefficient (Wildman–Crippen LogP) is 4.38. The summed E-state index contributed by atoms with van der Waals surface area (Å²) in [4.78, 5) is 14.9. The molecule has 0 aliphatic carbocycles. The number of rotatable bonds is 7. The Morgan fingerprint density at radius 1 is 1.18 bits per heavy atom. The highest BCUT2D eigenvalue weighted by Crippen LogP contribution is 2.29. The van der Waals surface area contributed by atoms with Crippen molar-refractivity contribution in [3.8, 4) is 0 Å². The van der Waals surface area contributed by atoms with Gasteiger partial charge in [-0.1, -0.05) is 12.8 Å². The van der Waals surface area contributed by atoms with Gasteiger partial charge in [-0.05, 0) is 19.3 Å². The molecule has 1 aromatic heterocycles. The molecule has 2 rings (SSSR count). The molecule has 0 atom stereocenters. The number of aromatic nitrogens is 1. The zero-order valence-electron chi connectivity index (χ0n) is 12.1. The monoisotopic (exact) mass is 331 g/mol. The molecule has 120 valence electrons. The van der Waals surface area contributed by atoms with Crippen LogP contribution in [0, 0.1) is 17.5 Å². The smallest absolute Gasteiger partial charge is 0.305 e. The predicted molar refractivity (Wildman–Crippen MR) is 78.3 cm³/mol. The van der Waals surface area contributed by atoms with Gasteiger partial charge in [0.15, 0.2) is 11.6 Å². The molecule has 7 heteroatoms. The van der Waals surface area contributed by atoms with Gasteiger partial charge in [0.1, 0.15) is 11.3 Å². The van der Waals surface area contributed by atoms with Gasteiger partial charge >= 0.3 is 5.97 Å². The highest BCUT2D eigenvalue weighted by atomic mass is 32.1. The number of carbonyl (C=O) groups excluding carboxylic acids is 1. The molecule has 22 heavy (non-hydrogen) atoms. The van der Waals surface area contributed by atoms with Gasteiger partial charge < -0.3 is 4.74 Å². The molecule has 0 amide bonds. The van der Waals surface area contributed by atoms with Crippen molar-refractivity contribution in [1.82, 2.24) is 4.98 Å². The lowest BCUT2D eigenvalue weighted by Gasteiger charge is -1.99. The number of nitrogens with zero attached hydrogens (tertiary/aromatic N) is 1. The Kier molecular flexibility index (Phi) is 5.76. The second kappa shape index (κ2) is 7.58. The Bertz CT molecular complexity index is 672. The van der Waals surface area contributed by atoms with Gasteiger partial charge in [0.25, 0.3) is 0 Å². The summed E-state index contributed by atoms with van der Waals surface area (Å²) in [6.07, 6.45) is 4.28. The number of methoxy groups -OCH3 is 1. The lowest BCUT2D eigenvalue weighted by atomic mass is 10.1. The maximum Gasteiger partial charge on any atom is 0.305 e. The summed E-state index contributed by atoms with van der Waals surface area (Å²) in [5.74, 6) is -3.32. The Morgan fingerprint density at radius 2 is 1.91 bits per heavy atom. The average Bonchev–Trinajstić information content (AvgIpc) is 2.93. The number of thiazole rings is 1. The fraction of sp³-hybridized carbons (Fsp3) is 0.467. The maximum absolute atomic E-state index is 13.6. The van der Waals surface area contributed by atoms with Crippen LogP contribution < -0.4 is 0 Å². The van der Waals surface area contributed by atoms with Crippen LogP contribution in [0.3, 0.4) is 0 Å². The summed E-state index contributed by atoms with van der Waals surface area (Å²) in [6.45, 7) is 0. The maximum atomic E-state index is 13.6. The first-order valence-corrected chi connectivity index (χ1v) is 7.84. The molecule has 0 N–H and O–H groups in total. The second-order valence-electron chi connectivity index (χ2n) is 4.93. The average molecular weight is 331 g/mol. The minimum absolute atomic E-state index is 0.0552. The van der Waals surface area contributed by atoms with E-state index in [9.17, 15) is 18.0 Å². The molecule has 0 saturated heterocycles. The van der Waals surface area contributed by atoms with Gasteiger partial charge in [-0.15, -0.1) is 11.3 Å². The van der Waals surface area contributed by atoms with E-state index in [1.807, 2.05) is 0 Å². The van der Waals surface area contributed by atoms with Crippen molar-refractivity contribution in [3.63, 3.8) is 0 Å². The fourth-order valence-electron chi connectivity index (χ4n) is 2.14. The first kappa shape index (κ1) is 16.7. The molecule has 0 fully saturated rings. The molecule has 2 aromatic rings. The minimum Gasteiger partial charge on any atom is -0.469 e. The number of unbranched alkanes of at least 4 members (excludes halogenated alkanes) is 3. The Balaban J connectivity index is 1.86. The number of ether oxygens (including phenoxy) is 1. The van der Waals surface area contributed by atoms with E-state index in [1.54, 1.807) is 0 Å². The molecule has 0 bridgehead atoms. The summed E-state index contributed by atoms with van der Waals surface area (Å²) >= 11 is 1.05. The molecule has 0 spiro atoms. The van der Waals surface area contributed by atoms with E-state index in [0.717, 1.165) is 37.0 Å². The Labute approximate surface area is 130 Å². The van der Waals surface area contributed by atoms with Crippen LogP contribution in [0.1, 0.15) is 37.1 Å². The van der Waals surface area contributed by atoms with E-state index in [0.29, 0.717) is 23.9 Å². The van der Waals surface area contributed by atoms with E-state index in [4.69, 9.17) is 0 Å². The Morgan fingerprint density at radius 3 is 2.64 bits per heavy atom. The topological polar surface area (TPSA) is 39.2 Å². The highest BCUT2D eigenvalue weighted by molar-refractivity contribution is 7.18. The number of halogens is 3. The normalized spacial score (nSPS) is 11.1. The molecule has 0 aliphatic heterocycles. The molecule has 1 aromatic carbocycles. The van der Waals surface area contributed by atoms with Gasteiger partial charge in [-0.3, -0.25) is 4.79 Å². The van der Waals surface area contributed by atoms with Gasteiger partial charge in [0.05, 0.1) is 16.8 Å². The summed E-state index contributed by atoms with van der Waals surface area (Å²) < 4.78 is 44.8. The number of hydrogen-bond acceptors (Lipinski definition) is 4. The van der Waals surface area contributed by atoms with E-state index >= 15 is 0 Å². The van der Waals surface area contributed by atoms with Crippen LogP contribution in [0.15, 0.2) is 6.07 Å². The third-order valence-corrected chi connectivity index (χ3v) is 4.43. The van der Waals surface area contributed by atoms with Crippen LogP contribution in [0.4, 0.5) is 13.2 Å². The molecule has 3 nitrogen and oxygen atoms in total. The van der Waals surface area contributed by atoms with Crippen molar-refractivity contribution < 1.29 is 22.7 Å². The lowest BCUT2D eigenvalue weighted by molar-refractivity contribution is -0.140. The zero-order chi connectivity index (χ0) is 16.1. The number of hydrogen-bond donors (Lipinski definition) is 0. The number of fused-ring (bicyclic) bond motifs is 1. The summed E-state index contributed by atoms with van der Waals surface area (Å²) in [5.41, 5.74) is -0.233. The van der Waals surface area contributed by atoms with Crippen LogP contribution in [0.25, 0.3) is 10.2 Å². The van der Waals surface area contributed by atoms with E-state index in [2.05, 4.69) is 9.72 Å². The van der Waals surface area contributed by atoms with Crippen LogP contribution in [0.2, 0.25) is 0 Å². The molecular weight excluding hydrogens is 315 g/mol. The standard InChI is InChI=1S/C15H16F3NO2S/c1-21-12(20)7-5-3-2-4-6-11-19-14-13(18)9(16)8-10(17)15(14)22-11/h8H,2-7H2,1H3. The molecule has 0 aliphatic rings. The molecular formula is C15H16F3NO2S. The van der Waals surface area contributed by atoms with Crippen molar-refractivity contribution in [2.75, 3.05) is 7.11 Å². The zero-order valence-corrected chi connectivity index (χ0v) is 12.9. The highest BCUT2D eigenvalue weighted by Gasteiger charge is 2.17. The van der Waals surface area contributed by atoms with Crippen molar-refractivity contribution in [2.24, 2.45) is 0 Å². The summed E-state index contributed by atoms with van der Waals surface area (Å²) in [6, 6.07) is 0.548. The summed E-state index contributed by atoms with van der Waals surface area (Å²) in [7, 11) is 1.36. The summed E-state index contributed by atoms with van der Waals surface area (Å²) in [5, 5.41) is 0.589. The third kappa shape index (κ3) is 3.97. The van der Waals surface area contributed by atoms with Crippen molar-refractivity contribution in [2.45, 2.75) is 38.5 Å². The number of aryl methyl sites for hydroxylation is 1. The van der Waals surface area contributed by atoms with E-state index < -0.39 is 17.5 Å². The number of esters is 1. The second-order valence-corrected chi connectivity index (χ2v) is 6.01. The number of carbonyl (C=O) groups is 1. The molecule has 1 heterocycles. The van der Waals surface area contributed by atoms with Gasteiger partial charge in [-0.2, -0.15) is 0 Å². The van der Waals surface area contributed by atoms with Crippen LogP contribution in [-0.4, -0.2) is 18.1 Å². The van der Waals surface area contributed by atoms with Gasteiger partial charge in [0, 0.05) is 12.5 Å². The SMILES string of the molecule is COC(=O)CCCCCCc1nc2c(F)c(F)cc(F)c2s1. The quantitative estimate of drug-likeness (QED) is 0.429. The van der Waals surface area contributed by atoms with Crippen molar-refractivity contribution in [3.05, 3.63) is 28.5 Å². The lowest BCUT2D eigenvalue weighted by Crippen LogP contribution is -1.99. The third-order valence-electron chi connectivity index (χ3n) is 3.31. The first-order chi connectivity index (χ1) is 10.5. The largest absolute Gasteiger partial charge is 0.469 e. The molecule has 0 radical (unpaired) electrons. The first-order valence-electron chi connectivity index (χ1n) is 7.02. The fourth-order valence-corrected chi connectivity index (χ4v) is 3.14. The van der Waals surface area contributed by atoms with Gasteiger partial charge in [-0.25, -0.2) is 18.2 Å². The minimum atomic E-state index is -1.22. The van der Waals surface area contributed by atoms with Crippen LogP contribution in [-0.2, 0) is 16.0 Å².